The fraction of sp³-hybridized carbons (Fsp3) is 0.333. The number of benzene rings is 2. The van der Waals surface area contributed by atoms with Crippen molar-refractivity contribution in [3.05, 3.63) is 70.3 Å². The zero-order chi connectivity index (χ0) is 18.1. The smallest absolute Gasteiger partial charge is 0.310 e. The Bertz CT molecular complexity index is 666. The molecule has 0 saturated carbocycles. The number of nitro groups is 1. The zero-order valence-electron chi connectivity index (χ0n) is 13.8. The van der Waals surface area contributed by atoms with Crippen molar-refractivity contribution in [3.63, 3.8) is 0 Å². The van der Waals surface area contributed by atoms with Gasteiger partial charge in [-0.2, -0.15) is 0 Å². The lowest BCUT2D eigenvalue weighted by molar-refractivity contribution is -0.385. The van der Waals surface area contributed by atoms with Crippen LogP contribution in [0.2, 0.25) is 0 Å². The molecule has 0 spiro atoms. The van der Waals surface area contributed by atoms with Gasteiger partial charge in [-0.15, -0.1) is 0 Å². The van der Waals surface area contributed by atoms with Gasteiger partial charge in [0.1, 0.15) is 12.7 Å². The average Bonchev–Trinajstić information content (AvgIpc) is 2.61. The molecular weight excluding hydrogens is 324 g/mol. The first-order valence-corrected chi connectivity index (χ1v) is 8.01. The minimum Gasteiger partial charge on any atom is -0.484 e. The third-order valence-corrected chi connectivity index (χ3v) is 3.63. The van der Waals surface area contributed by atoms with Crippen molar-refractivity contribution in [2.24, 2.45) is 0 Å². The van der Waals surface area contributed by atoms with Crippen LogP contribution in [0.25, 0.3) is 0 Å². The summed E-state index contributed by atoms with van der Waals surface area (Å²) >= 11 is 0. The van der Waals surface area contributed by atoms with Crippen molar-refractivity contribution in [2.45, 2.75) is 12.6 Å². The highest BCUT2D eigenvalue weighted by Gasteiger charge is 2.17. The highest BCUT2D eigenvalue weighted by atomic mass is 16.6. The fourth-order valence-electron chi connectivity index (χ4n) is 2.48. The summed E-state index contributed by atoms with van der Waals surface area (Å²) in [6.07, 6.45) is -0.838. The van der Waals surface area contributed by atoms with Crippen molar-refractivity contribution in [2.75, 3.05) is 26.3 Å². The molecule has 0 aliphatic rings. The molecule has 1 unspecified atom stereocenters. The fourth-order valence-corrected chi connectivity index (χ4v) is 2.48. The number of ether oxygens (including phenoxy) is 1. The van der Waals surface area contributed by atoms with Gasteiger partial charge in [-0.05, 0) is 11.6 Å². The van der Waals surface area contributed by atoms with E-state index in [1.165, 1.54) is 12.1 Å². The van der Waals surface area contributed by atoms with Crippen LogP contribution < -0.4 is 4.74 Å². The summed E-state index contributed by atoms with van der Waals surface area (Å²) in [6, 6.07) is 15.8. The van der Waals surface area contributed by atoms with Gasteiger partial charge in [0.15, 0.2) is 5.75 Å². The molecule has 0 fully saturated rings. The van der Waals surface area contributed by atoms with Crippen LogP contribution in [0.5, 0.6) is 5.75 Å². The number of hydrogen-bond acceptors (Lipinski definition) is 6. The van der Waals surface area contributed by atoms with Gasteiger partial charge in [0.05, 0.1) is 11.5 Å². The van der Waals surface area contributed by atoms with Crippen LogP contribution in [0.15, 0.2) is 54.6 Å². The molecule has 2 aromatic carbocycles. The summed E-state index contributed by atoms with van der Waals surface area (Å²) in [7, 11) is 0. The van der Waals surface area contributed by atoms with E-state index in [9.17, 15) is 20.3 Å². The molecule has 134 valence electrons. The van der Waals surface area contributed by atoms with Crippen molar-refractivity contribution < 1.29 is 19.9 Å². The maximum atomic E-state index is 11.0. The Hall–Kier alpha value is -2.48. The number of aliphatic hydroxyl groups excluding tert-OH is 2. The van der Waals surface area contributed by atoms with Gasteiger partial charge < -0.3 is 14.9 Å². The maximum absolute atomic E-state index is 11.0. The van der Waals surface area contributed by atoms with Crippen LogP contribution in [0, 0.1) is 10.1 Å². The number of aliphatic hydroxyl groups is 2. The summed E-state index contributed by atoms with van der Waals surface area (Å²) in [4.78, 5) is 12.3. The highest BCUT2D eigenvalue weighted by Crippen LogP contribution is 2.25. The van der Waals surface area contributed by atoms with E-state index in [2.05, 4.69) is 0 Å². The Balaban J connectivity index is 1.91. The minimum absolute atomic E-state index is 0.0232. The number of hydrogen-bond donors (Lipinski definition) is 2. The first-order valence-electron chi connectivity index (χ1n) is 8.01. The second-order valence-corrected chi connectivity index (χ2v) is 5.63. The predicted molar refractivity (Wildman–Crippen MR) is 93.4 cm³/mol. The van der Waals surface area contributed by atoms with Gasteiger partial charge in [-0.3, -0.25) is 15.0 Å². The van der Waals surface area contributed by atoms with Gasteiger partial charge in [0.25, 0.3) is 0 Å². The Labute approximate surface area is 146 Å². The molecule has 1 atom stereocenters. The standard InChI is InChI=1S/C18H22N2O5/c21-11-10-19(12-15-6-2-1-3-7-15)13-16(22)14-25-18-9-5-4-8-17(18)20(23)24/h1-9,16,21-22H,10-14H2. The van der Waals surface area contributed by atoms with Crippen LogP contribution in [0.3, 0.4) is 0 Å². The largest absolute Gasteiger partial charge is 0.484 e. The Morgan fingerprint density at radius 3 is 2.48 bits per heavy atom. The second-order valence-electron chi connectivity index (χ2n) is 5.63. The molecule has 0 saturated heterocycles. The lowest BCUT2D eigenvalue weighted by Crippen LogP contribution is -2.37. The molecule has 0 radical (unpaired) electrons. The SMILES string of the molecule is O=[N+]([O-])c1ccccc1OCC(O)CN(CCO)Cc1ccccc1. The quantitative estimate of drug-likeness (QED) is 0.503. The summed E-state index contributed by atoms with van der Waals surface area (Å²) in [5.41, 5.74) is 0.939. The molecule has 0 amide bonds. The molecule has 0 heterocycles. The Morgan fingerprint density at radius 2 is 1.80 bits per heavy atom. The Morgan fingerprint density at radius 1 is 1.12 bits per heavy atom. The molecule has 25 heavy (non-hydrogen) atoms. The van der Waals surface area contributed by atoms with Gasteiger partial charge in [0, 0.05) is 25.7 Å². The van der Waals surface area contributed by atoms with E-state index in [1.807, 2.05) is 35.2 Å². The molecule has 2 N–H and O–H groups in total. The van der Waals surface area contributed by atoms with E-state index in [0.717, 1.165) is 5.56 Å². The number of para-hydroxylation sites is 2. The average molecular weight is 346 g/mol. The predicted octanol–water partition coefficient (Wildman–Crippen LogP) is 1.83. The van der Waals surface area contributed by atoms with E-state index >= 15 is 0 Å². The number of nitro benzene ring substituents is 1. The molecule has 0 aliphatic carbocycles. The number of rotatable bonds is 10. The van der Waals surface area contributed by atoms with E-state index in [0.29, 0.717) is 13.1 Å². The maximum Gasteiger partial charge on any atom is 0.310 e. The zero-order valence-corrected chi connectivity index (χ0v) is 13.8. The summed E-state index contributed by atoms with van der Waals surface area (Å²) < 4.78 is 5.41. The first kappa shape index (κ1) is 18.9. The molecule has 7 heteroatoms. The van der Waals surface area contributed by atoms with Gasteiger partial charge in [-0.1, -0.05) is 42.5 Å². The molecular formula is C18H22N2O5. The van der Waals surface area contributed by atoms with Gasteiger partial charge in [-0.25, -0.2) is 0 Å². The van der Waals surface area contributed by atoms with E-state index in [4.69, 9.17) is 4.74 Å². The molecule has 2 aromatic rings. The molecule has 0 aliphatic heterocycles. The van der Waals surface area contributed by atoms with Crippen LogP contribution in [-0.4, -0.2) is 52.4 Å². The first-order chi connectivity index (χ1) is 12.1. The van der Waals surface area contributed by atoms with Crippen LogP contribution in [0.1, 0.15) is 5.56 Å². The Kier molecular flexibility index (Phi) is 7.34. The van der Waals surface area contributed by atoms with Crippen molar-refractivity contribution in [1.29, 1.82) is 0 Å². The summed E-state index contributed by atoms with van der Waals surface area (Å²) in [5, 5.41) is 30.4. The third kappa shape index (κ3) is 6.15. The van der Waals surface area contributed by atoms with E-state index in [1.54, 1.807) is 12.1 Å². The molecule has 7 nitrogen and oxygen atoms in total. The highest BCUT2D eigenvalue weighted by molar-refractivity contribution is 5.45. The molecule has 2 rings (SSSR count). The topological polar surface area (TPSA) is 96.1 Å². The third-order valence-electron chi connectivity index (χ3n) is 3.63. The van der Waals surface area contributed by atoms with E-state index in [-0.39, 0.29) is 31.2 Å². The minimum atomic E-state index is -0.838. The van der Waals surface area contributed by atoms with Crippen LogP contribution >= 0.6 is 0 Å². The van der Waals surface area contributed by atoms with E-state index < -0.39 is 11.0 Å². The van der Waals surface area contributed by atoms with Crippen molar-refractivity contribution >= 4 is 5.69 Å². The monoisotopic (exact) mass is 346 g/mol. The van der Waals surface area contributed by atoms with Crippen LogP contribution in [-0.2, 0) is 6.54 Å². The summed E-state index contributed by atoms with van der Waals surface area (Å²) in [6.45, 7) is 1.20. The second kappa shape index (κ2) is 9.73. The summed E-state index contributed by atoms with van der Waals surface area (Å²) in [5.74, 6) is 0.128. The lowest BCUT2D eigenvalue weighted by Gasteiger charge is -2.24. The molecule has 0 aromatic heterocycles. The van der Waals surface area contributed by atoms with Crippen molar-refractivity contribution in [1.82, 2.24) is 4.90 Å². The molecule has 0 bridgehead atoms. The van der Waals surface area contributed by atoms with Gasteiger partial charge >= 0.3 is 5.69 Å². The van der Waals surface area contributed by atoms with Gasteiger partial charge in [0.2, 0.25) is 0 Å². The van der Waals surface area contributed by atoms with Crippen LogP contribution in [0.4, 0.5) is 5.69 Å². The number of nitrogens with zero attached hydrogens (tertiary/aromatic N) is 2. The lowest BCUT2D eigenvalue weighted by atomic mass is 10.2. The van der Waals surface area contributed by atoms with Crippen molar-refractivity contribution in [3.8, 4) is 5.75 Å². The normalized spacial score (nSPS) is 12.1.